The van der Waals surface area contributed by atoms with Crippen LogP contribution in [0.3, 0.4) is 0 Å². The van der Waals surface area contributed by atoms with E-state index < -0.39 is 16.7 Å². The van der Waals surface area contributed by atoms with E-state index in [4.69, 9.17) is 0 Å². The number of nitrogens with one attached hydrogen (secondary N) is 3. The molecule has 0 saturated heterocycles. The minimum Gasteiger partial charge on any atom is -0.321 e. The number of para-hydroxylation sites is 1. The first-order valence-corrected chi connectivity index (χ1v) is 15.4. The number of carbonyl (C=O) groups excluding carboxylic acids is 3. The van der Waals surface area contributed by atoms with Crippen molar-refractivity contribution in [2.75, 3.05) is 16.4 Å². The Morgan fingerprint density at radius 3 is 2.22 bits per heavy atom. The Balaban J connectivity index is 1.22. The molecule has 3 amide bonds. The van der Waals surface area contributed by atoms with Gasteiger partial charge in [0.2, 0.25) is 5.91 Å². The van der Waals surface area contributed by atoms with Crippen LogP contribution in [-0.4, -0.2) is 33.4 Å². The molecule has 5 aromatic rings. The summed E-state index contributed by atoms with van der Waals surface area (Å²) < 4.78 is 0. The average molecular weight is 636 g/mol. The van der Waals surface area contributed by atoms with Crippen molar-refractivity contribution < 1.29 is 19.3 Å². The van der Waals surface area contributed by atoms with Crippen LogP contribution in [0.4, 0.5) is 16.5 Å². The highest BCUT2D eigenvalue weighted by Crippen LogP contribution is 2.26. The maximum absolute atomic E-state index is 13.3. The molecule has 0 radical (unpaired) electrons. The van der Waals surface area contributed by atoms with Crippen molar-refractivity contribution in [2.45, 2.75) is 4.90 Å². The van der Waals surface area contributed by atoms with Crippen LogP contribution in [0, 0.1) is 10.1 Å². The molecule has 224 valence electrons. The molecule has 0 aliphatic heterocycles. The van der Waals surface area contributed by atoms with Gasteiger partial charge in [-0.15, -0.1) is 23.1 Å². The summed E-state index contributed by atoms with van der Waals surface area (Å²) in [7, 11) is 0. The van der Waals surface area contributed by atoms with Crippen LogP contribution in [0.5, 0.6) is 0 Å². The van der Waals surface area contributed by atoms with Crippen molar-refractivity contribution in [3.8, 4) is 11.3 Å². The van der Waals surface area contributed by atoms with E-state index in [1.165, 1.54) is 47.4 Å². The fourth-order valence-corrected chi connectivity index (χ4v) is 5.52. The number of nitrogens with zero attached hydrogens (tertiary/aromatic N) is 2. The van der Waals surface area contributed by atoms with Crippen LogP contribution in [-0.2, 0) is 9.59 Å². The Bertz CT molecular complexity index is 1860. The minimum atomic E-state index is -0.671. The molecule has 0 atom stereocenters. The summed E-state index contributed by atoms with van der Waals surface area (Å²) in [6.45, 7) is 0. The highest BCUT2D eigenvalue weighted by Gasteiger charge is 2.18. The fourth-order valence-electron chi connectivity index (χ4n) is 4.08. The molecular weight excluding hydrogens is 611 g/mol. The van der Waals surface area contributed by atoms with Crippen LogP contribution in [0.15, 0.2) is 125 Å². The Labute approximate surface area is 266 Å². The number of hydrogen-bond acceptors (Lipinski definition) is 8. The monoisotopic (exact) mass is 635 g/mol. The van der Waals surface area contributed by atoms with Crippen molar-refractivity contribution >= 4 is 63.4 Å². The molecule has 5 rings (SSSR count). The van der Waals surface area contributed by atoms with E-state index in [1.54, 1.807) is 60.7 Å². The number of rotatable bonds is 11. The van der Waals surface area contributed by atoms with Crippen LogP contribution >= 0.6 is 23.1 Å². The number of amides is 3. The zero-order chi connectivity index (χ0) is 31.6. The molecule has 12 heteroatoms. The first-order chi connectivity index (χ1) is 21.9. The lowest BCUT2D eigenvalue weighted by molar-refractivity contribution is -0.385. The topological polar surface area (TPSA) is 143 Å². The molecule has 45 heavy (non-hydrogen) atoms. The van der Waals surface area contributed by atoms with Gasteiger partial charge in [-0.1, -0.05) is 60.7 Å². The molecule has 1 heterocycles. The lowest BCUT2D eigenvalue weighted by Crippen LogP contribution is -2.30. The molecule has 0 saturated carbocycles. The zero-order valence-corrected chi connectivity index (χ0v) is 25.1. The van der Waals surface area contributed by atoms with Crippen molar-refractivity contribution in [2.24, 2.45) is 0 Å². The number of carbonyl (C=O) groups is 3. The number of nitro benzene ring substituents is 1. The zero-order valence-electron chi connectivity index (χ0n) is 23.5. The normalized spacial score (nSPS) is 11.0. The van der Waals surface area contributed by atoms with E-state index in [9.17, 15) is 24.5 Å². The second kappa shape index (κ2) is 14.7. The second-order valence-electron chi connectivity index (χ2n) is 9.41. The molecular formula is C33H25N5O5S2. The molecule has 10 nitrogen and oxygen atoms in total. The Morgan fingerprint density at radius 1 is 0.844 bits per heavy atom. The van der Waals surface area contributed by atoms with E-state index in [2.05, 4.69) is 20.9 Å². The van der Waals surface area contributed by atoms with Crippen LogP contribution in [0.25, 0.3) is 17.3 Å². The van der Waals surface area contributed by atoms with E-state index in [0.717, 1.165) is 16.2 Å². The van der Waals surface area contributed by atoms with E-state index in [1.807, 2.05) is 35.7 Å². The number of hydrogen-bond donors (Lipinski definition) is 3. The highest BCUT2D eigenvalue weighted by molar-refractivity contribution is 8.00. The standard InChI is InChI=1S/C33H25N5O5S2/c39-30(37-33-36-28(20-45-33)22-9-3-1-4-10-22)21-44-26-17-15-25(16-18-26)34-32(41)27(35-31(40)23-11-5-2-6-12-23)19-24-13-7-8-14-29(24)38(42)43/h1-20H,21H2,(H,34,41)(H,35,40)(H,36,37,39)/b27-19-. The molecule has 0 fully saturated rings. The molecule has 3 N–H and O–H groups in total. The first kappa shape index (κ1) is 30.9. The summed E-state index contributed by atoms with van der Waals surface area (Å²) in [6, 6.07) is 30.7. The largest absolute Gasteiger partial charge is 0.321 e. The molecule has 0 bridgehead atoms. The van der Waals surface area contributed by atoms with E-state index >= 15 is 0 Å². The predicted octanol–water partition coefficient (Wildman–Crippen LogP) is 6.86. The number of thiazole rings is 1. The molecule has 0 spiro atoms. The third kappa shape index (κ3) is 8.50. The van der Waals surface area contributed by atoms with Gasteiger partial charge in [-0.3, -0.25) is 24.5 Å². The summed E-state index contributed by atoms with van der Waals surface area (Å²) in [5, 5.41) is 22.1. The van der Waals surface area contributed by atoms with Crippen molar-refractivity contribution in [3.05, 3.63) is 142 Å². The number of anilines is 2. The number of aromatic nitrogens is 1. The van der Waals surface area contributed by atoms with Crippen molar-refractivity contribution in [3.63, 3.8) is 0 Å². The SMILES string of the molecule is O=C(CSc1ccc(NC(=O)/C(=C/c2ccccc2[N+](=O)[O-])NC(=O)c2ccccc2)cc1)Nc1nc(-c2ccccc2)cs1. The maximum Gasteiger partial charge on any atom is 0.276 e. The van der Waals surface area contributed by atoms with Crippen molar-refractivity contribution in [1.82, 2.24) is 10.3 Å². The molecule has 0 aliphatic rings. The summed E-state index contributed by atoms with van der Waals surface area (Å²) in [4.78, 5) is 54.9. The fraction of sp³-hybridized carbons (Fsp3) is 0.0303. The Kier molecular flexibility index (Phi) is 10.1. The van der Waals surface area contributed by atoms with Gasteiger partial charge in [0, 0.05) is 33.2 Å². The maximum atomic E-state index is 13.3. The van der Waals surface area contributed by atoms with Gasteiger partial charge >= 0.3 is 0 Å². The Morgan fingerprint density at radius 2 is 1.51 bits per heavy atom. The predicted molar refractivity (Wildman–Crippen MR) is 177 cm³/mol. The van der Waals surface area contributed by atoms with E-state index in [0.29, 0.717) is 16.4 Å². The second-order valence-corrected chi connectivity index (χ2v) is 11.3. The molecule has 0 unspecified atom stereocenters. The van der Waals surface area contributed by atoms with Crippen molar-refractivity contribution in [1.29, 1.82) is 0 Å². The number of nitro groups is 1. The van der Waals surface area contributed by atoms with Gasteiger partial charge in [0.1, 0.15) is 5.70 Å². The van der Waals surface area contributed by atoms with Gasteiger partial charge < -0.3 is 16.0 Å². The van der Waals surface area contributed by atoms with E-state index in [-0.39, 0.29) is 28.6 Å². The van der Waals surface area contributed by atoms with Gasteiger partial charge in [0.25, 0.3) is 17.5 Å². The third-order valence-electron chi connectivity index (χ3n) is 6.26. The van der Waals surface area contributed by atoms with Gasteiger partial charge in [-0.25, -0.2) is 4.98 Å². The van der Waals surface area contributed by atoms with Crippen LogP contribution in [0.2, 0.25) is 0 Å². The van der Waals surface area contributed by atoms with Gasteiger partial charge in [0.15, 0.2) is 5.13 Å². The summed E-state index contributed by atoms with van der Waals surface area (Å²) in [5.74, 6) is -1.27. The highest BCUT2D eigenvalue weighted by atomic mass is 32.2. The molecule has 1 aromatic heterocycles. The number of thioether (sulfide) groups is 1. The summed E-state index contributed by atoms with van der Waals surface area (Å²) >= 11 is 2.67. The van der Waals surface area contributed by atoms with Crippen LogP contribution < -0.4 is 16.0 Å². The Hall–Kier alpha value is -5.59. The summed E-state index contributed by atoms with van der Waals surface area (Å²) in [6.07, 6.45) is 1.27. The molecule has 0 aliphatic carbocycles. The van der Waals surface area contributed by atoms with Crippen LogP contribution in [0.1, 0.15) is 15.9 Å². The molecule has 4 aromatic carbocycles. The lowest BCUT2D eigenvalue weighted by Gasteiger charge is -2.12. The first-order valence-electron chi connectivity index (χ1n) is 13.5. The third-order valence-corrected chi connectivity index (χ3v) is 8.03. The average Bonchev–Trinajstić information content (AvgIpc) is 3.53. The summed E-state index contributed by atoms with van der Waals surface area (Å²) in [5.41, 5.74) is 2.27. The number of benzene rings is 4. The minimum absolute atomic E-state index is 0.153. The van der Waals surface area contributed by atoms with Gasteiger partial charge in [-0.2, -0.15) is 0 Å². The van der Waals surface area contributed by atoms with Gasteiger partial charge in [0.05, 0.1) is 21.9 Å². The van der Waals surface area contributed by atoms with Gasteiger partial charge in [-0.05, 0) is 48.5 Å². The smallest absolute Gasteiger partial charge is 0.276 e. The lowest BCUT2D eigenvalue weighted by atomic mass is 10.1. The quantitative estimate of drug-likeness (QED) is 0.0623.